The molecule has 0 unspecified atom stereocenters. The van der Waals surface area contributed by atoms with E-state index in [-0.39, 0.29) is 10.9 Å². The van der Waals surface area contributed by atoms with Crippen LogP contribution in [0.25, 0.3) is 0 Å². The van der Waals surface area contributed by atoms with Gasteiger partial charge in [0, 0.05) is 5.02 Å². The quantitative estimate of drug-likeness (QED) is 0.284. The molecule has 0 radical (unpaired) electrons. The van der Waals surface area contributed by atoms with Gasteiger partial charge in [0.1, 0.15) is 11.8 Å². The van der Waals surface area contributed by atoms with Crippen molar-refractivity contribution in [2.75, 3.05) is 7.11 Å². The standard InChI is InChI=1S/C24H27Cl2N3O5/c1-14(2)11-20(28-22(30)15(3)34-21-10-9-18(25)12-19(21)26)23(31)29-27-13-16-5-7-17(8-6-16)24(32)33-4/h5-10,12-15,20H,11H2,1-4H3,(H,28,30)(H,29,31)/b27-13-/t15-,20+/m1/s1. The van der Waals surface area contributed by atoms with E-state index in [1.807, 2.05) is 13.8 Å². The topological polar surface area (TPSA) is 106 Å². The summed E-state index contributed by atoms with van der Waals surface area (Å²) in [6, 6.07) is 10.4. The van der Waals surface area contributed by atoms with Crippen molar-refractivity contribution in [1.29, 1.82) is 0 Å². The molecule has 0 aromatic heterocycles. The summed E-state index contributed by atoms with van der Waals surface area (Å²) >= 11 is 12.0. The highest BCUT2D eigenvalue weighted by molar-refractivity contribution is 6.35. The molecule has 2 aromatic rings. The number of carbonyl (C=O) groups is 3. The van der Waals surface area contributed by atoms with E-state index in [4.69, 9.17) is 27.9 Å². The van der Waals surface area contributed by atoms with Crippen LogP contribution >= 0.6 is 23.2 Å². The van der Waals surface area contributed by atoms with E-state index in [9.17, 15) is 14.4 Å². The molecule has 2 amide bonds. The van der Waals surface area contributed by atoms with E-state index in [0.29, 0.717) is 28.3 Å². The van der Waals surface area contributed by atoms with Gasteiger partial charge in [0.05, 0.1) is 23.9 Å². The van der Waals surface area contributed by atoms with Gasteiger partial charge in [0.15, 0.2) is 6.10 Å². The zero-order valence-corrected chi connectivity index (χ0v) is 20.8. The van der Waals surface area contributed by atoms with Crippen molar-refractivity contribution >= 4 is 47.2 Å². The first-order valence-electron chi connectivity index (χ1n) is 10.5. The van der Waals surface area contributed by atoms with Gasteiger partial charge < -0.3 is 14.8 Å². The molecule has 34 heavy (non-hydrogen) atoms. The highest BCUT2D eigenvalue weighted by Gasteiger charge is 2.25. The van der Waals surface area contributed by atoms with Gasteiger partial charge in [-0.15, -0.1) is 0 Å². The Morgan fingerprint density at radius 2 is 1.71 bits per heavy atom. The fraction of sp³-hybridized carbons (Fsp3) is 0.333. The summed E-state index contributed by atoms with van der Waals surface area (Å²) in [6.45, 7) is 5.43. The number of ether oxygens (including phenoxy) is 2. The van der Waals surface area contributed by atoms with E-state index in [1.165, 1.54) is 19.4 Å². The Hall–Kier alpha value is -3.10. The molecule has 0 aliphatic rings. The van der Waals surface area contributed by atoms with Gasteiger partial charge in [0.2, 0.25) is 0 Å². The maximum Gasteiger partial charge on any atom is 0.337 e. The Morgan fingerprint density at radius 3 is 2.29 bits per heavy atom. The number of nitrogens with zero attached hydrogens (tertiary/aromatic N) is 1. The van der Waals surface area contributed by atoms with Gasteiger partial charge in [0.25, 0.3) is 11.8 Å². The van der Waals surface area contributed by atoms with Crippen LogP contribution in [0.1, 0.15) is 43.1 Å². The van der Waals surface area contributed by atoms with E-state index >= 15 is 0 Å². The SMILES string of the molecule is COC(=O)c1ccc(/C=N\NC(=O)[C@H](CC(C)C)NC(=O)[C@@H](C)Oc2ccc(Cl)cc2Cl)cc1. The Bertz CT molecular complexity index is 1040. The highest BCUT2D eigenvalue weighted by Crippen LogP contribution is 2.28. The lowest BCUT2D eigenvalue weighted by atomic mass is 10.0. The van der Waals surface area contributed by atoms with Crippen LogP contribution in [0.4, 0.5) is 0 Å². The summed E-state index contributed by atoms with van der Waals surface area (Å²) < 4.78 is 10.3. The summed E-state index contributed by atoms with van der Waals surface area (Å²) in [5, 5.41) is 7.38. The van der Waals surface area contributed by atoms with Crippen LogP contribution in [0.2, 0.25) is 10.0 Å². The van der Waals surface area contributed by atoms with E-state index < -0.39 is 29.9 Å². The van der Waals surface area contributed by atoms with Gasteiger partial charge in [-0.1, -0.05) is 49.2 Å². The summed E-state index contributed by atoms with van der Waals surface area (Å²) in [5.41, 5.74) is 3.51. The first-order chi connectivity index (χ1) is 16.1. The lowest BCUT2D eigenvalue weighted by molar-refractivity contribution is -0.132. The average molecular weight is 508 g/mol. The van der Waals surface area contributed by atoms with E-state index in [1.54, 1.807) is 43.3 Å². The molecular weight excluding hydrogens is 481 g/mol. The molecule has 0 saturated heterocycles. The van der Waals surface area contributed by atoms with Gasteiger partial charge in [-0.05, 0) is 55.2 Å². The third-order valence-electron chi connectivity index (χ3n) is 4.63. The number of hydrazone groups is 1. The zero-order chi connectivity index (χ0) is 25.3. The summed E-state index contributed by atoms with van der Waals surface area (Å²) in [6.07, 6.45) is 0.926. The highest BCUT2D eigenvalue weighted by atomic mass is 35.5. The van der Waals surface area contributed by atoms with Crippen LogP contribution < -0.4 is 15.5 Å². The van der Waals surface area contributed by atoms with Crippen molar-refractivity contribution in [3.8, 4) is 5.75 Å². The number of hydrogen-bond acceptors (Lipinski definition) is 6. The van der Waals surface area contributed by atoms with E-state index in [2.05, 4.69) is 20.6 Å². The van der Waals surface area contributed by atoms with Crippen molar-refractivity contribution in [3.63, 3.8) is 0 Å². The number of rotatable bonds is 10. The number of benzene rings is 2. The molecule has 2 atom stereocenters. The molecule has 0 saturated carbocycles. The molecule has 0 bridgehead atoms. The molecule has 0 fully saturated rings. The van der Waals surface area contributed by atoms with Crippen LogP contribution in [-0.4, -0.2) is 43.3 Å². The summed E-state index contributed by atoms with van der Waals surface area (Å²) in [4.78, 5) is 36.8. The van der Waals surface area contributed by atoms with Crippen LogP contribution in [-0.2, 0) is 14.3 Å². The van der Waals surface area contributed by atoms with Gasteiger partial charge in [-0.25, -0.2) is 10.2 Å². The third-order valence-corrected chi connectivity index (χ3v) is 5.16. The normalized spacial score (nSPS) is 12.8. The molecular formula is C24H27Cl2N3O5. The molecule has 0 spiro atoms. The number of nitrogens with one attached hydrogen (secondary N) is 2. The Balaban J connectivity index is 1.99. The first-order valence-corrected chi connectivity index (χ1v) is 11.3. The predicted molar refractivity (Wildman–Crippen MR) is 131 cm³/mol. The minimum atomic E-state index is -0.905. The van der Waals surface area contributed by atoms with Crippen molar-refractivity contribution in [1.82, 2.24) is 10.7 Å². The molecule has 182 valence electrons. The molecule has 2 aromatic carbocycles. The average Bonchev–Trinajstić information content (AvgIpc) is 2.79. The number of carbonyl (C=O) groups excluding carboxylic acids is 3. The number of esters is 1. The van der Waals surface area contributed by atoms with Crippen LogP contribution in [0, 0.1) is 5.92 Å². The third kappa shape index (κ3) is 8.35. The summed E-state index contributed by atoms with van der Waals surface area (Å²) in [5.74, 6) is -0.953. The maximum atomic E-state index is 12.7. The minimum Gasteiger partial charge on any atom is -0.479 e. The zero-order valence-electron chi connectivity index (χ0n) is 19.3. The smallest absolute Gasteiger partial charge is 0.337 e. The second-order valence-corrected chi connectivity index (χ2v) is 8.72. The first kappa shape index (κ1) is 27.1. The van der Waals surface area contributed by atoms with Gasteiger partial charge in [-0.2, -0.15) is 5.10 Å². The predicted octanol–water partition coefficient (Wildman–Crippen LogP) is 4.23. The van der Waals surface area contributed by atoms with Crippen LogP contribution in [0.5, 0.6) is 5.75 Å². The van der Waals surface area contributed by atoms with Crippen LogP contribution in [0.3, 0.4) is 0 Å². The molecule has 0 aliphatic carbocycles. The lowest BCUT2D eigenvalue weighted by Gasteiger charge is -2.22. The number of halogens is 2. The number of methoxy groups -OCH3 is 1. The molecule has 0 aliphatic heterocycles. The minimum absolute atomic E-state index is 0.132. The molecule has 10 heteroatoms. The maximum absolute atomic E-state index is 12.7. The van der Waals surface area contributed by atoms with Crippen molar-refractivity contribution in [2.45, 2.75) is 39.3 Å². The van der Waals surface area contributed by atoms with Gasteiger partial charge >= 0.3 is 5.97 Å². The fourth-order valence-corrected chi connectivity index (χ4v) is 3.33. The van der Waals surface area contributed by atoms with Crippen molar-refractivity contribution in [3.05, 3.63) is 63.6 Å². The molecule has 8 nitrogen and oxygen atoms in total. The van der Waals surface area contributed by atoms with Crippen molar-refractivity contribution in [2.24, 2.45) is 11.0 Å². The fourth-order valence-electron chi connectivity index (χ4n) is 2.88. The second kappa shape index (κ2) is 13.0. The lowest BCUT2D eigenvalue weighted by Crippen LogP contribution is -2.49. The van der Waals surface area contributed by atoms with E-state index in [0.717, 1.165) is 0 Å². The van der Waals surface area contributed by atoms with Gasteiger partial charge in [-0.3, -0.25) is 9.59 Å². The molecule has 2 N–H and O–H groups in total. The largest absolute Gasteiger partial charge is 0.479 e. The Kier molecular flexibility index (Phi) is 10.3. The number of amides is 2. The van der Waals surface area contributed by atoms with Crippen molar-refractivity contribution < 1.29 is 23.9 Å². The number of hydrogen-bond donors (Lipinski definition) is 2. The monoisotopic (exact) mass is 507 g/mol. The Morgan fingerprint density at radius 1 is 1.03 bits per heavy atom. The van der Waals surface area contributed by atoms with Crippen LogP contribution in [0.15, 0.2) is 47.6 Å². The summed E-state index contributed by atoms with van der Waals surface area (Å²) in [7, 11) is 1.30. The molecule has 0 heterocycles. The Labute approximate surface area is 208 Å². The molecule has 2 rings (SSSR count). The second-order valence-electron chi connectivity index (χ2n) is 7.87.